The van der Waals surface area contributed by atoms with Gasteiger partial charge in [-0.15, -0.1) is 0 Å². The van der Waals surface area contributed by atoms with Gasteiger partial charge in [0.25, 0.3) is 5.91 Å². The average molecular weight is 315 g/mol. The van der Waals surface area contributed by atoms with E-state index in [1.807, 2.05) is 30.3 Å². The topological polar surface area (TPSA) is 84.1 Å². The summed E-state index contributed by atoms with van der Waals surface area (Å²) in [6.07, 6.45) is 0.890. The summed E-state index contributed by atoms with van der Waals surface area (Å²) in [5.74, 6) is -0.389. The van der Waals surface area contributed by atoms with Crippen molar-refractivity contribution in [1.82, 2.24) is 15.5 Å². The largest absolute Gasteiger partial charge is 0.451 e. The molecule has 122 valence electrons. The molecule has 6 nitrogen and oxygen atoms in total. The van der Waals surface area contributed by atoms with Crippen LogP contribution in [-0.4, -0.2) is 35.2 Å². The van der Waals surface area contributed by atoms with Gasteiger partial charge < -0.3 is 10.1 Å². The Bertz CT molecular complexity index is 650. The Morgan fingerprint density at radius 1 is 1.26 bits per heavy atom. The van der Waals surface area contributed by atoms with E-state index in [0.717, 1.165) is 12.0 Å². The van der Waals surface area contributed by atoms with Crippen molar-refractivity contribution in [3.63, 3.8) is 0 Å². The molecule has 0 atom stereocenters. The number of aromatic nitrogens is 2. The van der Waals surface area contributed by atoms with E-state index < -0.39 is 5.97 Å². The van der Waals surface area contributed by atoms with Crippen LogP contribution < -0.4 is 5.32 Å². The fourth-order valence-corrected chi connectivity index (χ4v) is 1.94. The van der Waals surface area contributed by atoms with E-state index in [-0.39, 0.29) is 18.2 Å². The van der Waals surface area contributed by atoms with Crippen LogP contribution in [0.25, 0.3) is 11.3 Å². The minimum absolute atomic E-state index is 0.221. The van der Waals surface area contributed by atoms with E-state index in [1.54, 1.807) is 6.07 Å². The zero-order valence-corrected chi connectivity index (χ0v) is 13.3. The molecule has 0 aliphatic carbocycles. The van der Waals surface area contributed by atoms with E-state index in [2.05, 4.69) is 29.4 Å². The van der Waals surface area contributed by atoms with Gasteiger partial charge in [-0.1, -0.05) is 44.2 Å². The molecule has 0 fully saturated rings. The first-order valence-electron chi connectivity index (χ1n) is 7.61. The molecule has 6 heteroatoms. The SMILES string of the molecule is CC(C)CCNC(=O)COC(=O)c1cc(-c2ccccc2)n[nH]1. The van der Waals surface area contributed by atoms with Crippen LogP contribution in [0.1, 0.15) is 30.8 Å². The lowest BCUT2D eigenvalue weighted by atomic mass is 10.1. The number of carbonyl (C=O) groups is 2. The van der Waals surface area contributed by atoms with Crippen LogP contribution in [0.4, 0.5) is 0 Å². The number of carbonyl (C=O) groups excluding carboxylic acids is 2. The van der Waals surface area contributed by atoms with Gasteiger partial charge in [-0.2, -0.15) is 5.10 Å². The zero-order chi connectivity index (χ0) is 16.7. The third-order valence-corrected chi connectivity index (χ3v) is 3.25. The molecule has 1 aromatic heterocycles. The third kappa shape index (κ3) is 5.25. The molecule has 0 unspecified atom stereocenters. The minimum Gasteiger partial charge on any atom is -0.451 e. The molecule has 0 saturated heterocycles. The predicted octanol–water partition coefficient (Wildman–Crippen LogP) is 2.40. The number of nitrogens with one attached hydrogen (secondary N) is 2. The van der Waals surface area contributed by atoms with E-state index >= 15 is 0 Å². The number of nitrogens with zero attached hydrogens (tertiary/aromatic N) is 1. The van der Waals surface area contributed by atoms with E-state index in [4.69, 9.17) is 4.74 Å². The number of benzene rings is 1. The smallest absolute Gasteiger partial charge is 0.356 e. The van der Waals surface area contributed by atoms with Crippen LogP contribution in [0.3, 0.4) is 0 Å². The lowest BCUT2D eigenvalue weighted by molar-refractivity contribution is -0.124. The maximum absolute atomic E-state index is 11.9. The Hall–Kier alpha value is -2.63. The summed E-state index contributed by atoms with van der Waals surface area (Å²) in [7, 11) is 0. The van der Waals surface area contributed by atoms with Crippen molar-refractivity contribution in [2.24, 2.45) is 5.92 Å². The van der Waals surface area contributed by atoms with Gasteiger partial charge in [-0.25, -0.2) is 4.79 Å². The van der Waals surface area contributed by atoms with E-state index in [1.165, 1.54) is 0 Å². The zero-order valence-electron chi connectivity index (χ0n) is 13.3. The monoisotopic (exact) mass is 315 g/mol. The number of amides is 1. The lowest BCUT2D eigenvalue weighted by Crippen LogP contribution is -2.30. The molecule has 0 bridgehead atoms. The summed E-state index contributed by atoms with van der Waals surface area (Å²) in [5, 5.41) is 9.42. The molecule has 2 N–H and O–H groups in total. The van der Waals surface area contributed by atoms with Gasteiger partial charge in [0.1, 0.15) is 5.69 Å². The molecule has 0 aliphatic rings. The Kier molecular flexibility index (Phi) is 5.91. The van der Waals surface area contributed by atoms with Crippen LogP contribution >= 0.6 is 0 Å². The maximum atomic E-state index is 11.9. The maximum Gasteiger partial charge on any atom is 0.356 e. The van der Waals surface area contributed by atoms with Gasteiger partial charge in [0, 0.05) is 12.1 Å². The number of hydrogen-bond donors (Lipinski definition) is 2. The number of aromatic amines is 1. The molecular weight excluding hydrogens is 294 g/mol. The molecule has 1 amide bonds. The molecule has 1 aromatic carbocycles. The summed E-state index contributed by atoms with van der Waals surface area (Å²) in [6, 6.07) is 11.1. The molecule has 1 heterocycles. The summed E-state index contributed by atoms with van der Waals surface area (Å²) in [6.45, 7) is 4.44. The number of hydrogen-bond acceptors (Lipinski definition) is 4. The van der Waals surface area contributed by atoms with Crippen molar-refractivity contribution in [1.29, 1.82) is 0 Å². The molecular formula is C17H21N3O3. The fraction of sp³-hybridized carbons (Fsp3) is 0.353. The van der Waals surface area contributed by atoms with Crippen molar-refractivity contribution < 1.29 is 14.3 Å². The van der Waals surface area contributed by atoms with E-state index in [0.29, 0.717) is 18.2 Å². The number of H-pyrrole nitrogens is 1. The van der Waals surface area contributed by atoms with Crippen LogP contribution in [0.5, 0.6) is 0 Å². The highest BCUT2D eigenvalue weighted by Crippen LogP contribution is 2.17. The second-order valence-corrected chi connectivity index (χ2v) is 5.64. The van der Waals surface area contributed by atoms with Gasteiger partial charge in [0.05, 0.1) is 5.69 Å². The third-order valence-electron chi connectivity index (χ3n) is 3.25. The lowest BCUT2D eigenvalue weighted by Gasteiger charge is -2.07. The minimum atomic E-state index is -0.598. The highest BCUT2D eigenvalue weighted by atomic mass is 16.5. The Morgan fingerprint density at radius 2 is 2.00 bits per heavy atom. The molecule has 2 aromatic rings. The second-order valence-electron chi connectivity index (χ2n) is 5.64. The highest BCUT2D eigenvalue weighted by Gasteiger charge is 2.14. The molecule has 0 aliphatic heterocycles. The predicted molar refractivity (Wildman–Crippen MR) is 86.8 cm³/mol. The Morgan fingerprint density at radius 3 is 2.70 bits per heavy atom. The van der Waals surface area contributed by atoms with Crippen molar-refractivity contribution in [2.75, 3.05) is 13.2 Å². The molecule has 0 saturated carbocycles. The quantitative estimate of drug-likeness (QED) is 0.768. The number of rotatable bonds is 7. The van der Waals surface area contributed by atoms with E-state index in [9.17, 15) is 9.59 Å². The first-order chi connectivity index (χ1) is 11.1. The van der Waals surface area contributed by atoms with Gasteiger partial charge in [0.2, 0.25) is 0 Å². The van der Waals surface area contributed by atoms with Crippen LogP contribution in [0.2, 0.25) is 0 Å². The highest BCUT2D eigenvalue weighted by molar-refractivity contribution is 5.90. The van der Waals surface area contributed by atoms with Gasteiger partial charge in [-0.3, -0.25) is 9.89 Å². The first kappa shape index (κ1) is 16.7. The fourth-order valence-electron chi connectivity index (χ4n) is 1.94. The Labute approximate surface area is 135 Å². The first-order valence-corrected chi connectivity index (χ1v) is 7.61. The summed E-state index contributed by atoms with van der Waals surface area (Å²) < 4.78 is 4.97. The summed E-state index contributed by atoms with van der Waals surface area (Å²) in [4.78, 5) is 23.5. The Balaban J connectivity index is 1.82. The number of esters is 1. The molecule has 23 heavy (non-hydrogen) atoms. The molecule has 2 rings (SSSR count). The standard InChI is InChI=1S/C17H21N3O3/c1-12(2)8-9-18-16(21)11-23-17(22)15-10-14(19-20-15)13-6-4-3-5-7-13/h3-7,10,12H,8-9,11H2,1-2H3,(H,18,21)(H,19,20). The normalized spacial score (nSPS) is 10.6. The van der Waals surface area contributed by atoms with Crippen LogP contribution in [0, 0.1) is 5.92 Å². The van der Waals surface area contributed by atoms with Gasteiger partial charge in [0.15, 0.2) is 6.61 Å². The van der Waals surface area contributed by atoms with Gasteiger partial charge >= 0.3 is 5.97 Å². The van der Waals surface area contributed by atoms with Crippen molar-refractivity contribution in [3.05, 3.63) is 42.1 Å². The average Bonchev–Trinajstić information content (AvgIpc) is 3.03. The molecule has 0 spiro atoms. The summed E-state index contributed by atoms with van der Waals surface area (Å²) in [5.41, 5.74) is 1.77. The van der Waals surface area contributed by atoms with Gasteiger partial charge in [-0.05, 0) is 18.4 Å². The number of ether oxygens (including phenoxy) is 1. The molecule has 0 radical (unpaired) electrons. The van der Waals surface area contributed by atoms with Crippen LogP contribution in [0.15, 0.2) is 36.4 Å². The van der Waals surface area contributed by atoms with Crippen molar-refractivity contribution in [2.45, 2.75) is 20.3 Å². The summed E-state index contributed by atoms with van der Waals surface area (Å²) >= 11 is 0. The van der Waals surface area contributed by atoms with Crippen molar-refractivity contribution >= 4 is 11.9 Å². The second kappa shape index (κ2) is 8.12. The van der Waals surface area contributed by atoms with Crippen LogP contribution in [-0.2, 0) is 9.53 Å². The van der Waals surface area contributed by atoms with Crippen molar-refractivity contribution in [3.8, 4) is 11.3 Å².